The van der Waals surface area contributed by atoms with Crippen LogP contribution in [0.25, 0.3) is 0 Å². The van der Waals surface area contributed by atoms with Gasteiger partial charge in [0.25, 0.3) is 0 Å². The van der Waals surface area contributed by atoms with Crippen LogP contribution in [-0.2, 0) is 29.5 Å². The van der Waals surface area contributed by atoms with E-state index in [4.69, 9.17) is 9.47 Å². The molecule has 130 valence electrons. The Balaban J connectivity index is 1.70. The maximum Gasteiger partial charge on any atom is 0.122 e. The van der Waals surface area contributed by atoms with E-state index in [1.54, 1.807) is 7.11 Å². The lowest BCUT2D eigenvalue weighted by molar-refractivity contribution is -0.00164. The van der Waals surface area contributed by atoms with Crippen molar-refractivity contribution in [2.45, 2.75) is 31.5 Å². The number of hydrogen-bond donors (Lipinski definition) is 0. The number of aromatic nitrogens is 3. The predicted octanol–water partition coefficient (Wildman–Crippen LogP) is 1.66. The van der Waals surface area contributed by atoms with E-state index in [0.29, 0.717) is 19.3 Å². The number of hydrogen-bond acceptors (Lipinski definition) is 5. The van der Waals surface area contributed by atoms with Gasteiger partial charge in [0.2, 0.25) is 0 Å². The number of nitrogens with zero attached hydrogens (tertiary/aromatic N) is 4. The molecule has 24 heavy (non-hydrogen) atoms. The van der Waals surface area contributed by atoms with E-state index < -0.39 is 0 Å². The molecule has 2 atom stereocenters. The van der Waals surface area contributed by atoms with Crippen LogP contribution in [0.4, 0.5) is 0 Å². The highest BCUT2D eigenvalue weighted by atomic mass is 16.5. The van der Waals surface area contributed by atoms with Crippen LogP contribution < -0.4 is 0 Å². The van der Waals surface area contributed by atoms with Crippen LogP contribution in [-0.4, -0.2) is 58.4 Å². The smallest absolute Gasteiger partial charge is 0.122 e. The van der Waals surface area contributed by atoms with Crippen molar-refractivity contribution in [2.24, 2.45) is 7.05 Å². The molecule has 1 aliphatic rings. The van der Waals surface area contributed by atoms with Crippen LogP contribution in [0.3, 0.4) is 0 Å². The molecule has 6 nitrogen and oxygen atoms in total. The molecule has 0 aromatic carbocycles. The lowest BCUT2D eigenvalue weighted by Gasteiger charge is -2.28. The highest BCUT2D eigenvalue weighted by molar-refractivity contribution is 5.12. The molecule has 2 aromatic rings. The molecular formula is C18H26N4O2. The summed E-state index contributed by atoms with van der Waals surface area (Å²) in [6.45, 7) is 3.14. The molecule has 0 radical (unpaired) electrons. The second kappa shape index (κ2) is 8.37. The van der Waals surface area contributed by atoms with Crippen molar-refractivity contribution in [2.75, 3.05) is 26.9 Å². The van der Waals surface area contributed by atoms with Crippen molar-refractivity contribution in [3.63, 3.8) is 0 Å². The van der Waals surface area contributed by atoms with Gasteiger partial charge in [-0.3, -0.25) is 9.88 Å². The third-order valence-electron chi connectivity index (χ3n) is 4.65. The van der Waals surface area contributed by atoms with Crippen molar-refractivity contribution >= 4 is 0 Å². The zero-order valence-corrected chi connectivity index (χ0v) is 14.5. The third kappa shape index (κ3) is 4.20. The normalized spacial score (nSPS) is 21.4. The molecule has 3 rings (SSSR count). The van der Waals surface area contributed by atoms with Gasteiger partial charge < -0.3 is 14.0 Å². The maximum atomic E-state index is 6.09. The monoisotopic (exact) mass is 330 g/mol. The first-order chi connectivity index (χ1) is 11.8. The zero-order chi connectivity index (χ0) is 16.8. The van der Waals surface area contributed by atoms with Gasteiger partial charge in [0.1, 0.15) is 5.82 Å². The number of aryl methyl sites for hydroxylation is 1. The molecule has 3 heterocycles. The van der Waals surface area contributed by atoms with Crippen LogP contribution in [0.15, 0.2) is 36.9 Å². The van der Waals surface area contributed by atoms with Gasteiger partial charge in [0, 0.05) is 51.5 Å². The summed E-state index contributed by atoms with van der Waals surface area (Å²) in [5, 5.41) is 0. The summed E-state index contributed by atoms with van der Waals surface area (Å²) < 4.78 is 13.3. The molecule has 0 unspecified atom stereocenters. The lowest BCUT2D eigenvalue weighted by Crippen LogP contribution is -2.38. The summed E-state index contributed by atoms with van der Waals surface area (Å²) in [5.74, 6) is 1.09. The molecule has 2 aromatic heterocycles. The number of methoxy groups -OCH3 is 1. The fraction of sp³-hybridized carbons (Fsp3) is 0.556. The highest BCUT2D eigenvalue weighted by Gasteiger charge is 2.35. The van der Waals surface area contributed by atoms with Gasteiger partial charge in [-0.1, -0.05) is 6.07 Å². The van der Waals surface area contributed by atoms with Gasteiger partial charge in [-0.15, -0.1) is 0 Å². The SMILES string of the molecule is COCCO[C@@H]1CCN(Cc2nccn2C)[C@H]1Cc1cccnc1. The van der Waals surface area contributed by atoms with Crippen molar-refractivity contribution in [1.82, 2.24) is 19.4 Å². The van der Waals surface area contributed by atoms with E-state index in [1.807, 2.05) is 37.9 Å². The fourth-order valence-electron chi connectivity index (χ4n) is 3.31. The maximum absolute atomic E-state index is 6.09. The average Bonchev–Trinajstić information content (AvgIpc) is 3.17. The van der Waals surface area contributed by atoms with Crippen LogP contribution in [0.2, 0.25) is 0 Å². The minimum atomic E-state index is 0.223. The van der Waals surface area contributed by atoms with E-state index in [1.165, 1.54) is 5.56 Å². The van der Waals surface area contributed by atoms with Gasteiger partial charge >= 0.3 is 0 Å². The first-order valence-electron chi connectivity index (χ1n) is 8.47. The predicted molar refractivity (Wildman–Crippen MR) is 91.6 cm³/mol. The summed E-state index contributed by atoms with van der Waals surface area (Å²) in [7, 11) is 3.75. The Morgan fingerprint density at radius 3 is 2.92 bits per heavy atom. The van der Waals surface area contributed by atoms with Crippen LogP contribution in [0.1, 0.15) is 17.8 Å². The first kappa shape index (κ1) is 17.1. The largest absolute Gasteiger partial charge is 0.382 e. The summed E-state index contributed by atoms with van der Waals surface area (Å²) in [6, 6.07) is 4.47. The first-order valence-corrected chi connectivity index (χ1v) is 8.47. The summed E-state index contributed by atoms with van der Waals surface area (Å²) in [4.78, 5) is 11.2. The third-order valence-corrected chi connectivity index (χ3v) is 4.65. The molecule has 1 aliphatic heterocycles. The van der Waals surface area contributed by atoms with Gasteiger partial charge in [-0.05, 0) is 24.5 Å². The molecule has 0 bridgehead atoms. The number of rotatable bonds is 8. The number of imidazole rings is 1. The summed E-state index contributed by atoms with van der Waals surface area (Å²) in [5.41, 5.74) is 1.24. The van der Waals surface area contributed by atoms with Crippen LogP contribution in [0, 0.1) is 0 Å². The fourth-order valence-corrected chi connectivity index (χ4v) is 3.31. The minimum Gasteiger partial charge on any atom is -0.382 e. The summed E-state index contributed by atoms with van der Waals surface area (Å²) >= 11 is 0. The van der Waals surface area contributed by atoms with Gasteiger partial charge in [0.05, 0.1) is 25.9 Å². The molecule has 1 saturated heterocycles. The van der Waals surface area contributed by atoms with Gasteiger partial charge in [0.15, 0.2) is 0 Å². The van der Waals surface area contributed by atoms with Gasteiger partial charge in [-0.25, -0.2) is 4.98 Å². The standard InChI is InChI=1S/C18H26N4O2/c1-21-9-7-20-18(21)14-22-8-5-17(24-11-10-23-2)16(22)12-15-4-3-6-19-13-15/h3-4,6-7,9,13,16-17H,5,8,10-12,14H2,1-2H3/t16-,17+/m0/s1. The van der Waals surface area contributed by atoms with Crippen molar-refractivity contribution in [1.29, 1.82) is 0 Å². The topological polar surface area (TPSA) is 52.4 Å². The molecule has 1 fully saturated rings. The Labute approximate surface area is 143 Å². The molecule has 0 saturated carbocycles. The second-order valence-corrected chi connectivity index (χ2v) is 6.25. The van der Waals surface area contributed by atoms with Crippen LogP contribution in [0.5, 0.6) is 0 Å². The highest BCUT2D eigenvalue weighted by Crippen LogP contribution is 2.25. The van der Waals surface area contributed by atoms with Gasteiger partial charge in [-0.2, -0.15) is 0 Å². The van der Waals surface area contributed by atoms with E-state index in [0.717, 1.165) is 31.8 Å². The van der Waals surface area contributed by atoms with E-state index in [9.17, 15) is 0 Å². The Hall–Kier alpha value is -1.76. The van der Waals surface area contributed by atoms with E-state index >= 15 is 0 Å². The quantitative estimate of drug-likeness (QED) is 0.689. The van der Waals surface area contributed by atoms with Crippen molar-refractivity contribution < 1.29 is 9.47 Å². The number of pyridine rings is 1. The Kier molecular flexibility index (Phi) is 5.96. The minimum absolute atomic E-state index is 0.223. The average molecular weight is 330 g/mol. The second-order valence-electron chi connectivity index (χ2n) is 6.25. The lowest BCUT2D eigenvalue weighted by atomic mass is 10.0. The van der Waals surface area contributed by atoms with E-state index in [2.05, 4.69) is 25.5 Å². The molecule has 6 heteroatoms. The number of ether oxygens (including phenoxy) is 2. The molecule has 0 N–H and O–H groups in total. The molecule has 0 amide bonds. The summed E-state index contributed by atoms with van der Waals surface area (Å²) in [6.07, 6.45) is 9.82. The Morgan fingerprint density at radius 1 is 1.29 bits per heavy atom. The Morgan fingerprint density at radius 2 is 2.21 bits per heavy atom. The number of likely N-dealkylation sites (tertiary alicyclic amines) is 1. The Bertz CT molecular complexity index is 616. The van der Waals surface area contributed by atoms with Crippen LogP contribution >= 0.6 is 0 Å². The van der Waals surface area contributed by atoms with E-state index in [-0.39, 0.29) is 6.10 Å². The van der Waals surface area contributed by atoms with Crippen molar-refractivity contribution in [3.05, 3.63) is 48.3 Å². The zero-order valence-electron chi connectivity index (χ0n) is 14.5. The molecule has 0 aliphatic carbocycles. The molecule has 0 spiro atoms. The molecular weight excluding hydrogens is 304 g/mol. The van der Waals surface area contributed by atoms with Crippen molar-refractivity contribution in [3.8, 4) is 0 Å².